The van der Waals surface area contributed by atoms with Crippen molar-refractivity contribution in [2.45, 2.75) is 19.9 Å². The summed E-state index contributed by atoms with van der Waals surface area (Å²) in [5.74, 6) is 0. The molecule has 0 aromatic carbocycles. The van der Waals surface area contributed by atoms with E-state index in [1.54, 1.807) is 10.9 Å². The maximum absolute atomic E-state index is 11.6. The Morgan fingerprint density at radius 1 is 1.62 bits per heavy atom. The lowest BCUT2D eigenvalue weighted by atomic mass is 10.4. The van der Waals surface area contributed by atoms with Crippen molar-refractivity contribution in [3.05, 3.63) is 22.9 Å². The molecule has 13 heavy (non-hydrogen) atoms. The van der Waals surface area contributed by atoms with Gasteiger partial charge in [0, 0.05) is 6.54 Å². The first-order chi connectivity index (χ1) is 6.33. The lowest BCUT2D eigenvalue weighted by molar-refractivity contribution is 0.647. The van der Waals surface area contributed by atoms with Gasteiger partial charge in [-0.25, -0.2) is 4.98 Å². The highest BCUT2D eigenvalue weighted by Crippen LogP contribution is 1.99. The first-order valence-corrected chi connectivity index (χ1v) is 4.21. The summed E-state index contributed by atoms with van der Waals surface area (Å²) in [6, 6.07) is 0. The van der Waals surface area contributed by atoms with Crippen LogP contribution in [-0.2, 0) is 6.54 Å². The minimum absolute atomic E-state index is 0.0272. The van der Waals surface area contributed by atoms with E-state index in [0.29, 0.717) is 17.6 Å². The fourth-order valence-corrected chi connectivity index (χ4v) is 1.27. The zero-order valence-electron chi connectivity index (χ0n) is 7.32. The highest BCUT2D eigenvalue weighted by molar-refractivity contribution is 5.71. The second kappa shape index (κ2) is 3.01. The van der Waals surface area contributed by atoms with Gasteiger partial charge >= 0.3 is 0 Å². The Bertz CT molecular complexity index is 470. The van der Waals surface area contributed by atoms with Crippen LogP contribution in [0, 0.1) is 0 Å². The number of rotatable bonds is 2. The molecule has 0 radical (unpaired) electrons. The van der Waals surface area contributed by atoms with Gasteiger partial charge < -0.3 is 0 Å². The lowest BCUT2D eigenvalue weighted by Crippen LogP contribution is -2.19. The smallest absolute Gasteiger partial charge is 0.264 e. The summed E-state index contributed by atoms with van der Waals surface area (Å²) in [6.07, 6.45) is 3.98. The summed E-state index contributed by atoms with van der Waals surface area (Å²) in [7, 11) is 0. The van der Waals surface area contributed by atoms with Crippen molar-refractivity contribution in [1.82, 2.24) is 19.7 Å². The summed E-state index contributed by atoms with van der Waals surface area (Å²) in [4.78, 5) is 15.7. The molecule has 0 amide bonds. The molecule has 2 aromatic heterocycles. The van der Waals surface area contributed by atoms with Gasteiger partial charge in [-0.15, -0.1) is 0 Å². The number of aromatic amines is 1. The number of nitrogens with one attached hydrogen (secondary N) is 1. The van der Waals surface area contributed by atoms with E-state index in [4.69, 9.17) is 0 Å². The Labute approximate surface area is 74.4 Å². The van der Waals surface area contributed by atoms with Crippen molar-refractivity contribution < 1.29 is 0 Å². The molecule has 0 aliphatic heterocycles. The van der Waals surface area contributed by atoms with Crippen LogP contribution in [0.1, 0.15) is 13.3 Å². The molecule has 0 bridgehead atoms. The van der Waals surface area contributed by atoms with E-state index in [-0.39, 0.29) is 5.56 Å². The molecule has 0 fully saturated rings. The molecule has 0 saturated heterocycles. The minimum Gasteiger partial charge on any atom is -0.299 e. The third-order valence-corrected chi connectivity index (χ3v) is 1.90. The van der Waals surface area contributed by atoms with Crippen LogP contribution in [0.25, 0.3) is 11.0 Å². The predicted molar refractivity (Wildman–Crippen MR) is 48.4 cm³/mol. The number of hydrogen-bond donors (Lipinski definition) is 1. The summed E-state index contributed by atoms with van der Waals surface area (Å²) < 4.78 is 1.60. The third kappa shape index (κ3) is 1.22. The molecule has 1 N–H and O–H groups in total. The first kappa shape index (κ1) is 7.97. The van der Waals surface area contributed by atoms with Crippen LogP contribution in [0.2, 0.25) is 0 Å². The topological polar surface area (TPSA) is 63.6 Å². The molecule has 0 spiro atoms. The summed E-state index contributed by atoms with van der Waals surface area (Å²) >= 11 is 0. The van der Waals surface area contributed by atoms with Gasteiger partial charge in [-0.2, -0.15) is 5.10 Å². The van der Waals surface area contributed by atoms with Crippen LogP contribution >= 0.6 is 0 Å². The van der Waals surface area contributed by atoms with Crippen molar-refractivity contribution in [2.75, 3.05) is 0 Å². The SMILES string of the molecule is CCCn1cnc2[nH]ncc2c1=O. The first-order valence-electron chi connectivity index (χ1n) is 4.21. The van der Waals surface area contributed by atoms with Gasteiger partial charge in [0.15, 0.2) is 5.65 Å². The van der Waals surface area contributed by atoms with Crippen molar-refractivity contribution in [3.8, 4) is 0 Å². The Hall–Kier alpha value is -1.65. The Morgan fingerprint density at radius 3 is 3.23 bits per heavy atom. The zero-order valence-corrected chi connectivity index (χ0v) is 7.32. The van der Waals surface area contributed by atoms with Gasteiger partial charge in [0.2, 0.25) is 0 Å². The van der Waals surface area contributed by atoms with E-state index in [1.807, 2.05) is 6.92 Å². The van der Waals surface area contributed by atoms with E-state index in [9.17, 15) is 4.79 Å². The average Bonchev–Trinajstić information content (AvgIpc) is 2.58. The maximum atomic E-state index is 11.6. The van der Waals surface area contributed by atoms with Crippen LogP contribution < -0.4 is 5.56 Å². The molecule has 2 aromatic rings. The number of fused-ring (bicyclic) bond motifs is 1. The second-order valence-corrected chi connectivity index (χ2v) is 2.88. The number of hydrogen-bond acceptors (Lipinski definition) is 3. The van der Waals surface area contributed by atoms with Gasteiger partial charge in [-0.05, 0) is 6.42 Å². The van der Waals surface area contributed by atoms with E-state index in [1.165, 1.54) is 6.20 Å². The lowest BCUT2D eigenvalue weighted by Gasteiger charge is -2.00. The van der Waals surface area contributed by atoms with E-state index < -0.39 is 0 Å². The van der Waals surface area contributed by atoms with Crippen molar-refractivity contribution in [3.63, 3.8) is 0 Å². The molecule has 68 valence electrons. The highest BCUT2D eigenvalue weighted by atomic mass is 16.1. The molecule has 5 heteroatoms. The molecule has 0 aliphatic rings. The zero-order chi connectivity index (χ0) is 9.26. The molecule has 0 aliphatic carbocycles. The van der Waals surface area contributed by atoms with Crippen molar-refractivity contribution in [1.29, 1.82) is 0 Å². The normalized spacial score (nSPS) is 10.8. The monoisotopic (exact) mass is 178 g/mol. The largest absolute Gasteiger partial charge is 0.299 e. The number of aromatic nitrogens is 4. The van der Waals surface area contributed by atoms with Crippen LogP contribution in [0.15, 0.2) is 17.3 Å². The Balaban J connectivity index is 2.67. The number of H-pyrrole nitrogens is 1. The molecule has 2 heterocycles. The highest BCUT2D eigenvalue weighted by Gasteiger charge is 2.03. The standard InChI is InChI=1S/C8H10N4O/c1-2-3-12-5-9-7-6(8(12)13)4-10-11-7/h4-5H,2-3H2,1H3,(H,10,11). The van der Waals surface area contributed by atoms with E-state index >= 15 is 0 Å². The Morgan fingerprint density at radius 2 is 2.46 bits per heavy atom. The van der Waals surface area contributed by atoms with Gasteiger partial charge in [0.05, 0.1) is 12.5 Å². The van der Waals surface area contributed by atoms with Crippen molar-refractivity contribution in [2.24, 2.45) is 0 Å². The minimum atomic E-state index is -0.0272. The summed E-state index contributed by atoms with van der Waals surface area (Å²) in [5, 5.41) is 6.97. The Kier molecular flexibility index (Phi) is 1.84. The van der Waals surface area contributed by atoms with Gasteiger partial charge in [-0.1, -0.05) is 6.92 Å². The molecule has 0 saturated carbocycles. The number of aryl methyl sites for hydroxylation is 1. The molecule has 0 unspecified atom stereocenters. The average molecular weight is 178 g/mol. The van der Waals surface area contributed by atoms with Crippen LogP contribution in [0.4, 0.5) is 0 Å². The maximum Gasteiger partial charge on any atom is 0.264 e. The van der Waals surface area contributed by atoms with Crippen LogP contribution in [-0.4, -0.2) is 19.7 Å². The third-order valence-electron chi connectivity index (χ3n) is 1.90. The summed E-state index contributed by atoms with van der Waals surface area (Å²) in [5.41, 5.74) is 0.526. The second-order valence-electron chi connectivity index (χ2n) is 2.88. The molecular weight excluding hydrogens is 168 g/mol. The molecule has 0 atom stereocenters. The quantitative estimate of drug-likeness (QED) is 0.729. The molecular formula is C8H10N4O. The molecule has 2 rings (SSSR count). The van der Waals surface area contributed by atoms with Gasteiger partial charge in [0.25, 0.3) is 5.56 Å². The van der Waals surface area contributed by atoms with Crippen LogP contribution in [0.5, 0.6) is 0 Å². The number of nitrogens with zero attached hydrogens (tertiary/aromatic N) is 3. The van der Waals surface area contributed by atoms with Gasteiger partial charge in [0.1, 0.15) is 5.39 Å². The molecule has 5 nitrogen and oxygen atoms in total. The predicted octanol–water partition coefficient (Wildman–Crippen LogP) is 0.530. The van der Waals surface area contributed by atoms with Crippen LogP contribution in [0.3, 0.4) is 0 Å². The fourth-order valence-electron chi connectivity index (χ4n) is 1.27. The fraction of sp³-hybridized carbons (Fsp3) is 0.375. The van der Waals surface area contributed by atoms with E-state index in [2.05, 4.69) is 15.2 Å². The van der Waals surface area contributed by atoms with Crippen molar-refractivity contribution >= 4 is 11.0 Å². The van der Waals surface area contributed by atoms with Gasteiger partial charge in [-0.3, -0.25) is 14.5 Å². The summed E-state index contributed by atoms with van der Waals surface area (Å²) in [6.45, 7) is 2.72. The van der Waals surface area contributed by atoms with E-state index in [0.717, 1.165) is 6.42 Å².